The van der Waals surface area contributed by atoms with E-state index in [0.717, 1.165) is 12.3 Å². The molecule has 1 N–H and O–H groups in total. The summed E-state index contributed by atoms with van der Waals surface area (Å²) in [6.45, 7) is 4.67. The summed E-state index contributed by atoms with van der Waals surface area (Å²) in [6.07, 6.45) is 4.18. The largest absolute Gasteiger partial charge is 0.394 e. The Balaban J connectivity index is 1.90. The second kappa shape index (κ2) is 4.07. The fourth-order valence-electron chi connectivity index (χ4n) is 1.32. The summed E-state index contributed by atoms with van der Waals surface area (Å²) in [4.78, 5) is 0. The van der Waals surface area contributed by atoms with E-state index in [1.807, 2.05) is 0 Å². The van der Waals surface area contributed by atoms with Gasteiger partial charge in [0.15, 0.2) is 0 Å². The fourth-order valence-corrected chi connectivity index (χ4v) is 1.32. The van der Waals surface area contributed by atoms with Gasteiger partial charge in [-0.2, -0.15) is 0 Å². The van der Waals surface area contributed by atoms with Crippen molar-refractivity contribution < 1.29 is 9.84 Å². The molecular formula is C9H18O2. The molecule has 0 spiro atoms. The summed E-state index contributed by atoms with van der Waals surface area (Å²) in [7, 11) is 0. The number of aliphatic hydroxyl groups is 1. The van der Waals surface area contributed by atoms with E-state index >= 15 is 0 Å². The van der Waals surface area contributed by atoms with Crippen molar-refractivity contribution in [2.24, 2.45) is 5.92 Å². The zero-order valence-corrected chi connectivity index (χ0v) is 7.42. The number of ether oxygens (including phenoxy) is 1. The van der Waals surface area contributed by atoms with Crippen LogP contribution < -0.4 is 0 Å². The van der Waals surface area contributed by atoms with Crippen LogP contribution in [0.2, 0.25) is 0 Å². The van der Waals surface area contributed by atoms with Crippen LogP contribution in [0, 0.1) is 5.92 Å². The molecule has 0 aromatic heterocycles. The minimum absolute atomic E-state index is 0.169. The van der Waals surface area contributed by atoms with Crippen LogP contribution in [0.5, 0.6) is 0 Å². The van der Waals surface area contributed by atoms with Crippen LogP contribution in [0.3, 0.4) is 0 Å². The number of hydrogen-bond donors (Lipinski definition) is 1. The molecular weight excluding hydrogens is 140 g/mol. The highest BCUT2D eigenvalue weighted by Crippen LogP contribution is 2.26. The first-order chi connectivity index (χ1) is 5.24. The van der Waals surface area contributed by atoms with Gasteiger partial charge < -0.3 is 9.84 Å². The van der Waals surface area contributed by atoms with Crippen molar-refractivity contribution in [2.45, 2.75) is 45.3 Å². The molecule has 1 aliphatic heterocycles. The lowest BCUT2D eigenvalue weighted by molar-refractivity contribution is 0.241. The Morgan fingerprint density at radius 3 is 2.55 bits per heavy atom. The van der Waals surface area contributed by atoms with Crippen molar-refractivity contribution >= 4 is 0 Å². The van der Waals surface area contributed by atoms with Crippen LogP contribution in [-0.2, 0) is 4.74 Å². The van der Waals surface area contributed by atoms with Gasteiger partial charge in [0.1, 0.15) is 6.10 Å². The highest BCUT2D eigenvalue weighted by atomic mass is 16.6. The van der Waals surface area contributed by atoms with Crippen LogP contribution in [0.4, 0.5) is 0 Å². The molecule has 0 aromatic rings. The molecule has 0 aromatic carbocycles. The van der Waals surface area contributed by atoms with Crippen molar-refractivity contribution in [2.75, 3.05) is 6.61 Å². The Bertz CT molecular complexity index is 112. The Kier molecular flexibility index (Phi) is 3.34. The van der Waals surface area contributed by atoms with Gasteiger partial charge in [0.2, 0.25) is 0 Å². The van der Waals surface area contributed by atoms with Gasteiger partial charge >= 0.3 is 0 Å². The molecule has 2 heteroatoms. The van der Waals surface area contributed by atoms with Gasteiger partial charge in [-0.15, -0.1) is 0 Å². The third-order valence-corrected chi connectivity index (χ3v) is 2.14. The van der Waals surface area contributed by atoms with E-state index in [0.29, 0.717) is 6.10 Å². The number of epoxide rings is 1. The lowest BCUT2D eigenvalue weighted by atomic mass is 10.0. The molecule has 0 aliphatic carbocycles. The van der Waals surface area contributed by atoms with Crippen LogP contribution in [0.15, 0.2) is 0 Å². The maximum absolute atomic E-state index is 8.66. The van der Waals surface area contributed by atoms with E-state index in [1.165, 1.54) is 12.8 Å². The average molecular weight is 158 g/mol. The Labute approximate surface area is 68.6 Å². The standard InChI is InChI=1S/C9H18O2/c1-7(2)4-3-5-8-9(6-10)11-8/h7-10H,3-6H2,1-2H3. The lowest BCUT2D eigenvalue weighted by Crippen LogP contribution is -1.99. The molecule has 1 fully saturated rings. The molecule has 2 nitrogen and oxygen atoms in total. The van der Waals surface area contributed by atoms with E-state index in [2.05, 4.69) is 13.8 Å². The number of aliphatic hydroxyl groups excluding tert-OH is 1. The quantitative estimate of drug-likeness (QED) is 0.616. The van der Waals surface area contributed by atoms with Gasteiger partial charge in [-0.1, -0.05) is 26.7 Å². The van der Waals surface area contributed by atoms with Crippen molar-refractivity contribution in [3.05, 3.63) is 0 Å². The maximum atomic E-state index is 8.66. The van der Waals surface area contributed by atoms with Crippen molar-refractivity contribution in [3.63, 3.8) is 0 Å². The van der Waals surface area contributed by atoms with Gasteiger partial charge in [-0.05, 0) is 12.3 Å². The van der Waals surface area contributed by atoms with Gasteiger partial charge in [0.05, 0.1) is 12.7 Å². The van der Waals surface area contributed by atoms with E-state index in [9.17, 15) is 0 Å². The summed E-state index contributed by atoms with van der Waals surface area (Å²) in [5.41, 5.74) is 0. The Hall–Kier alpha value is -0.0800. The monoisotopic (exact) mass is 158 g/mol. The molecule has 66 valence electrons. The summed E-state index contributed by atoms with van der Waals surface area (Å²) in [5.74, 6) is 0.793. The predicted molar refractivity (Wildman–Crippen MR) is 44.4 cm³/mol. The van der Waals surface area contributed by atoms with Crippen molar-refractivity contribution in [1.82, 2.24) is 0 Å². The van der Waals surface area contributed by atoms with Gasteiger partial charge in [-0.25, -0.2) is 0 Å². The summed E-state index contributed by atoms with van der Waals surface area (Å²) >= 11 is 0. The third-order valence-electron chi connectivity index (χ3n) is 2.14. The summed E-state index contributed by atoms with van der Waals surface area (Å²) < 4.78 is 5.20. The van der Waals surface area contributed by atoms with E-state index in [4.69, 9.17) is 9.84 Å². The molecule has 0 amide bonds. The number of rotatable bonds is 5. The average Bonchev–Trinajstić information content (AvgIpc) is 2.66. The highest BCUT2D eigenvalue weighted by molar-refractivity contribution is 4.83. The summed E-state index contributed by atoms with van der Waals surface area (Å²) in [6, 6.07) is 0. The SMILES string of the molecule is CC(C)CCCC1OC1CO. The summed E-state index contributed by atoms with van der Waals surface area (Å²) in [5, 5.41) is 8.66. The lowest BCUT2D eigenvalue weighted by Gasteiger charge is -2.01. The van der Waals surface area contributed by atoms with Crippen LogP contribution in [0.1, 0.15) is 33.1 Å². The third kappa shape index (κ3) is 3.21. The zero-order valence-electron chi connectivity index (χ0n) is 7.42. The molecule has 1 saturated heterocycles. The molecule has 2 unspecified atom stereocenters. The van der Waals surface area contributed by atoms with Crippen LogP contribution >= 0.6 is 0 Å². The molecule has 0 saturated carbocycles. The molecule has 11 heavy (non-hydrogen) atoms. The minimum Gasteiger partial charge on any atom is -0.394 e. The molecule has 0 bridgehead atoms. The van der Waals surface area contributed by atoms with Crippen molar-refractivity contribution in [1.29, 1.82) is 0 Å². The highest BCUT2D eigenvalue weighted by Gasteiger charge is 2.36. The zero-order chi connectivity index (χ0) is 8.27. The van der Waals surface area contributed by atoms with E-state index < -0.39 is 0 Å². The minimum atomic E-state index is 0.169. The predicted octanol–water partition coefficient (Wildman–Crippen LogP) is 1.57. The maximum Gasteiger partial charge on any atom is 0.107 e. The second-order valence-corrected chi connectivity index (χ2v) is 3.72. The first-order valence-corrected chi connectivity index (χ1v) is 4.50. The molecule has 1 aliphatic rings. The molecule has 0 radical (unpaired) electrons. The molecule has 1 rings (SSSR count). The van der Waals surface area contributed by atoms with E-state index in [-0.39, 0.29) is 12.7 Å². The first kappa shape index (κ1) is 9.01. The van der Waals surface area contributed by atoms with Crippen LogP contribution in [-0.4, -0.2) is 23.9 Å². The second-order valence-electron chi connectivity index (χ2n) is 3.72. The topological polar surface area (TPSA) is 32.8 Å². The molecule has 2 atom stereocenters. The first-order valence-electron chi connectivity index (χ1n) is 4.50. The van der Waals surface area contributed by atoms with Gasteiger partial charge in [-0.3, -0.25) is 0 Å². The Morgan fingerprint density at radius 2 is 2.09 bits per heavy atom. The Morgan fingerprint density at radius 1 is 1.36 bits per heavy atom. The van der Waals surface area contributed by atoms with E-state index in [1.54, 1.807) is 0 Å². The van der Waals surface area contributed by atoms with Gasteiger partial charge in [0.25, 0.3) is 0 Å². The van der Waals surface area contributed by atoms with Crippen molar-refractivity contribution in [3.8, 4) is 0 Å². The molecule has 1 heterocycles. The smallest absolute Gasteiger partial charge is 0.107 e. The van der Waals surface area contributed by atoms with Gasteiger partial charge in [0, 0.05) is 0 Å². The fraction of sp³-hybridized carbons (Fsp3) is 1.00. The number of hydrogen-bond acceptors (Lipinski definition) is 2. The normalized spacial score (nSPS) is 29.5. The van der Waals surface area contributed by atoms with Crippen LogP contribution in [0.25, 0.3) is 0 Å².